The molecule has 130 valence electrons. The smallest absolute Gasteiger partial charge is 0.318 e. The molecule has 7 heteroatoms. The molecule has 0 aromatic heterocycles. The fourth-order valence-corrected chi connectivity index (χ4v) is 3.53. The summed E-state index contributed by atoms with van der Waals surface area (Å²) < 4.78 is 0. The summed E-state index contributed by atoms with van der Waals surface area (Å²) in [6, 6.07) is -0.575. The van der Waals surface area contributed by atoms with Gasteiger partial charge in [-0.2, -0.15) is 0 Å². The molecule has 2 aliphatic rings. The summed E-state index contributed by atoms with van der Waals surface area (Å²) in [6.07, 6.45) is 3.17. The molecule has 2 fully saturated rings. The van der Waals surface area contributed by atoms with Gasteiger partial charge in [-0.1, -0.05) is 6.92 Å². The lowest BCUT2D eigenvalue weighted by atomic mass is 9.86. The molecular weight excluding hydrogens is 298 g/mol. The number of urea groups is 1. The average molecular weight is 325 g/mol. The number of amides is 3. The third-order valence-electron chi connectivity index (χ3n) is 5.02. The molecule has 0 spiro atoms. The number of carboxylic acids is 1. The number of piperazine rings is 1. The van der Waals surface area contributed by atoms with Gasteiger partial charge in [0.25, 0.3) is 0 Å². The van der Waals surface area contributed by atoms with Crippen LogP contribution < -0.4 is 5.32 Å². The van der Waals surface area contributed by atoms with Crippen LogP contribution in [0, 0.1) is 5.92 Å². The van der Waals surface area contributed by atoms with Crippen LogP contribution in [0.25, 0.3) is 0 Å². The molecule has 1 unspecified atom stereocenters. The molecule has 0 aromatic rings. The highest BCUT2D eigenvalue weighted by Crippen LogP contribution is 2.25. The highest BCUT2D eigenvalue weighted by molar-refractivity contribution is 5.88. The van der Waals surface area contributed by atoms with Crippen molar-refractivity contribution in [3.05, 3.63) is 0 Å². The first-order valence-electron chi connectivity index (χ1n) is 8.56. The van der Waals surface area contributed by atoms with Gasteiger partial charge in [0.2, 0.25) is 5.91 Å². The molecule has 1 saturated heterocycles. The Morgan fingerprint density at radius 3 is 2.35 bits per heavy atom. The summed E-state index contributed by atoms with van der Waals surface area (Å²) in [5.41, 5.74) is 0. The number of nitrogens with one attached hydrogen (secondary N) is 1. The molecule has 1 saturated carbocycles. The second kappa shape index (κ2) is 7.66. The minimum Gasteiger partial charge on any atom is -0.481 e. The number of hydrogen-bond donors (Lipinski definition) is 2. The lowest BCUT2D eigenvalue weighted by molar-refractivity contribution is -0.143. The zero-order chi connectivity index (χ0) is 17.0. The van der Waals surface area contributed by atoms with E-state index in [1.807, 2.05) is 13.8 Å². The summed E-state index contributed by atoms with van der Waals surface area (Å²) in [6.45, 7) is 5.66. The molecule has 0 radical (unpaired) electrons. The van der Waals surface area contributed by atoms with E-state index in [4.69, 9.17) is 5.11 Å². The van der Waals surface area contributed by atoms with Crippen LogP contribution in [0.3, 0.4) is 0 Å². The summed E-state index contributed by atoms with van der Waals surface area (Å²) in [5.74, 6) is -1.02. The molecular formula is C16H27N3O4. The van der Waals surface area contributed by atoms with Crippen molar-refractivity contribution in [1.29, 1.82) is 0 Å². The number of carbonyl (C=O) groups excluding carboxylic acids is 2. The molecule has 1 aliphatic carbocycles. The average Bonchev–Trinajstić information content (AvgIpc) is 2.54. The van der Waals surface area contributed by atoms with Crippen molar-refractivity contribution in [1.82, 2.24) is 15.1 Å². The van der Waals surface area contributed by atoms with E-state index in [1.54, 1.807) is 9.80 Å². The highest BCUT2D eigenvalue weighted by atomic mass is 16.4. The molecule has 2 N–H and O–H groups in total. The van der Waals surface area contributed by atoms with E-state index < -0.39 is 5.97 Å². The zero-order valence-corrected chi connectivity index (χ0v) is 14.0. The topological polar surface area (TPSA) is 90.0 Å². The predicted molar refractivity (Wildman–Crippen MR) is 85.0 cm³/mol. The van der Waals surface area contributed by atoms with Crippen molar-refractivity contribution >= 4 is 17.9 Å². The number of hydrogen-bond acceptors (Lipinski definition) is 3. The number of likely N-dealkylation sites (N-methyl/N-ethyl adjacent to an activating group) is 1. The summed E-state index contributed by atoms with van der Waals surface area (Å²) in [5, 5.41) is 12.0. The standard InChI is InChI=1S/C16H27N3O4/c1-3-13-14(20)18(4-2)9-10-19(13)16(23)17-12-7-5-11(6-8-12)15(21)22/h11-13H,3-10H2,1-2H3,(H,17,23)(H,21,22). The van der Waals surface area contributed by atoms with Gasteiger partial charge < -0.3 is 20.2 Å². The van der Waals surface area contributed by atoms with Gasteiger partial charge in [-0.05, 0) is 39.0 Å². The maximum atomic E-state index is 12.5. The molecule has 1 atom stereocenters. The van der Waals surface area contributed by atoms with Crippen molar-refractivity contribution in [2.75, 3.05) is 19.6 Å². The van der Waals surface area contributed by atoms with E-state index in [0.29, 0.717) is 51.7 Å². The summed E-state index contributed by atoms with van der Waals surface area (Å²) in [4.78, 5) is 39.3. The van der Waals surface area contributed by atoms with Gasteiger partial charge in [0.05, 0.1) is 5.92 Å². The number of carboxylic acid groups (broad SMARTS) is 1. The van der Waals surface area contributed by atoms with Gasteiger partial charge in [-0.3, -0.25) is 9.59 Å². The van der Waals surface area contributed by atoms with Gasteiger partial charge in [-0.25, -0.2) is 4.79 Å². The Morgan fingerprint density at radius 2 is 1.83 bits per heavy atom. The van der Waals surface area contributed by atoms with Gasteiger partial charge in [0.1, 0.15) is 6.04 Å². The molecule has 1 heterocycles. The normalized spacial score (nSPS) is 28.6. The van der Waals surface area contributed by atoms with Crippen LogP contribution in [-0.2, 0) is 9.59 Å². The molecule has 2 rings (SSSR count). The van der Waals surface area contributed by atoms with Crippen LogP contribution in [0.15, 0.2) is 0 Å². The third-order valence-corrected chi connectivity index (χ3v) is 5.02. The Hall–Kier alpha value is -1.79. The minimum absolute atomic E-state index is 0.00918. The molecule has 3 amide bonds. The predicted octanol–water partition coefficient (Wildman–Crippen LogP) is 1.28. The lowest BCUT2D eigenvalue weighted by Crippen LogP contribution is -2.61. The monoisotopic (exact) mass is 325 g/mol. The van der Waals surface area contributed by atoms with E-state index in [2.05, 4.69) is 5.32 Å². The number of aliphatic carboxylic acids is 1. The Bertz CT molecular complexity index is 460. The number of rotatable bonds is 4. The Balaban J connectivity index is 1.90. The first kappa shape index (κ1) is 17.6. The SMILES string of the molecule is CCC1C(=O)N(CC)CCN1C(=O)NC1CCC(C(=O)O)CC1. The Labute approximate surface area is 137 Å². The first-order chi connectivity index (χ1) is 11.0. The minimum atomic E-state index is -0.748. The fraction of sp³-hybridized carbons (Fsp3) is 0.812. The Kier molecular flexibility index (Phi) is 5.85. The molecule has 0 aromatic carbocycles. The highest BCUT2D eigenvalue weighted by Gasteiger charge is 2.36. The van der Waals surface area contributed by atoms with Gasteiger partial charge in [-0.15, -0.1) is 0 Å². The van der Waals surface area contributed by atoms with E-state index in [0.717, 1.165) is 0 Å². The Morgan fingerprint density at radius 1 is 1.17 bits per heavy atom. The van der Waals surface area contributed by atoms with Gasteiger partial charge >= 0.3 is 12.0 Å². The van der Waals surface area contributed by atoms with Crippen molar-refractivity contribution in [3.63, 3.8) is 0 Å². The molecule has 1 aliphatic heterocycles. The molecule has 23 heavy (non-hydrogen) atoms. The molecule has 7 nitrogen and oxygen atoms in total. The second-order valence-electron chi connectivity index (χ2n) is 6.37. The first-order valence-corrected chi connectivity index (χ1v) is 8.56. The van der Waals surface area contributed by atoms with Crippen molar-refractivity contribution < 1.29 is 19.5 Å². The van der Waals surface area contributed by atoms with Crippen LogP contribution >= 0.6 is 0 Å². The van der Waals surface area contributed by atoms with E-state index >= 15 is 0 Å². The van der Waals surface area contributed by atoms with Crippen molar-refractivity contribution in [2.45, 2.75) is 58.0 Å². The van der Waals surface area contributed by atoms with Gasteiger partial charge in [0, 0.05) is 25.7 Å². The number of carbonyl (C=O) groups is 3. The fourth-order valence-electron chi connectivity index (χ4n) is 3.53. The quantitative estimate of drug-likeness (QED) is 0.815. The second-order valence-corrected chi connectivity index (χ2v) is 6.37. The third kappa shape index (κ3) is 3.95. The summed E-state index contributed by atoms with van der Waals surface area (Å²) in [7, 11) is 0. The largest absolute Gasteiger partial charge is 0.481 e. The lowest BCUT2D eigenvalue weighted by Gasteiger charge is -2.40. The maximum Gasteiger partial charge on any atom is 0.318 e. The van der Waals surface area contributed by atoms with Crippen molar-refractivity contribution in [3.8, 4) is 0 Å². The van der Waals surface area contributed by atoms with Crippen LogP contribution in [0.2, 0.25) is 0 Å². The maximum absolute atomic E-state index is 12.5. The number of nitrogens with zero attached hydrogens (tertiary/aromatic N) is 2. The van der Waals surface area contributed by atoms with Crippen LogP contribution in [0.4, 0.5) is 4.79 Å². The van der Waals surface area contributed by atoms with Gasteiger partial charge in [0.15, 0.2) is 0 Å². The van der Waals surface area contributed by atoms with Crippen LogP contribution in [0.5, 0.6) is 0 Å². The molecule has 0 bridgehead atoms. The van der Waals surface area contributed by atoms with E-state index in [9.17, 15) is 14.4 Å². The van der Waals surface area contributed by atoms with Crippen LogP contribution in [-0.4, -0.2) is 64.5 Å². The summed E-state index contributed by atoms with van der Waals surface area (Å²) >= 11 is 0. The zero-order valence-electron chi connectivity index (χ0n) is 14.0. The van der Waals surface area contributed by atoms with Crippen molar-refractivity contribution in [2.24, 2.45) is 5.92 Å². The van der Waals surface area contributed by atoms with E-state index in [1.165, 1.54) is 0 Å². The van der Waals surface area contributed by atoms with E-state index in [-0.39, 0.29) is 29.9 Å². The van der Waals surface area contributed by atoms with Crippen LogP contribution in [0.1, 0.15) is 46.0 Å².